The van der Waals surface area contributed by atoms with Gasteiger partial charge in [-0.15, -0.1) is 0 Å². The van der Waals surface area contributed by atoms with E-state index in [2.05, 4.69) is 67.0 Å². The first-order valence-corrected chi connectivity index (χ1v) is 24.1. The van der Waals surface area contributed by atoms with Crippen molar-refractivity contribution < 1.29 is 57.7 Å². The topological polar surface area (TPSA) is 186 Å². The van der Waals surface area contributed by atoms with Crippen LogP contribution in [0, 0.1) is 11.8 Å². The largest absolute Gasteiger partial charge is 0.472 e. The zero-order valence-corrected chi connectivity index (χ0v) is 37.8. The van der Waals surface area contributed by atoms with Gasteiger partial charge < -0.3 is 29.7 Å². The maximum Gasteiger partial charge on any atom is 0.472 e. The van der Waals surface area contributed by atoms with Gasteiger partial charge in [0.15, 0.2) is 11.9 Å². The molecule has 0 saturated carbocycles. The van der Waals surface area contributed by atoms with E-state index in [-0.39, 0.29) is 30.5 Å². The Balaban J connectivity index is 2.45. The van der Waals surface area contributed by atoms with Crippen LogP contribution in [-0.2, 0) is 37.5 Å². The van der Waals surface area contributed by atoms with E-state index in [0.29, 0.717) is 32.1 Å². The van der Waals surface area contributed by atoms with Crippen molar-refractivity contribution >= 4 is 25.5 Å². The predicted octanol–water partition coefficient (Wildman–Crippen LogP) is 9.84. The molecule has 0 spiro atoms. The van der Waals surface area contributed by atoms with Crippen LogP contribution < -0.4 is 0 Å². The van der Waals surface area contributed by atoms with Crippen LogP contribution in [0.15, 0.2) is 85.1 Å². The average Bonchev–Trinajstić information content (AvgIpc) is 3.60. The van der Waals surface area contributed by atoms with E-state index >= 15 is 0 Å². The fourth-order valence-electron chi connectivity index (χ4n) is 6.14. The van der Waals surface area contributed by atoms with Crippen molar-refractivity contribution in [3.05, 3.63) is 85.1 Å². The highest BCUT2D eigenvalue weighted by atomic mass is 31.2. The van der Waals surface area contributed by atoms with E-state index in [1.165, 1.54) is 19.3 Å². The smallest absolute Gasteiger partial charge is 0.462 e. The SMILES string of the molecule is CCCCC/C=C\C/C=C\C/C=C\C/C=C\CCCCCC(=O)OC[C@H](COP(=O)(O)OC[C@@H](O)CO)OC(=O)CCC/C=C\C[C@H]1C=CC(=O)[C@@H]1/C=C/[C@@H](O)CCCCC. The van der Waals surface area contributed by atoms with Crippen molar-refractivity contribution in [2.75, 3.05) is 26.4 Å². The fraction of sp³-hybridized carbons (Fsp3) is 0.646. The number of unbranched alkanes of at least 4 members (excludes halogenated alkanes) is 9. The lowest BCUT2D eigenvalue weighted by Gasteiger charge is -2.20. The van der Waals surface area contributed by atoms with Crippen LogP contribution in [-0.4, -0.2) is 82.7 Å². The number of phosphoric acid groups is 1. The molecule has 0 aliphatic heterocycles. The molecular weight excluding hydrogens is 799 g/mol. The Bertz CT molecular complexity index is 1430. The quantitative estimate of drug-likeness (QED) is 0.0199. The molecule has 6 atom stereocenters. The van der Waals surface area contributed by atoms with Crippen LogP contribution in [0.5, 0.6) is 0 Å². The lowest BCUT2D eigenvalue weighted by Crippen LogP contribution is -2.29. The summed E-state index contributed by atoms with van der Waals surface area (Å²) < 4.78 is 32.7. The number of hydrogen-bond donors (Lipinski definition) is 4. The molecule has 0 aromatic carbocycles. The third-order valence-electron chi connectivity index (χ3n) is 9.77. The molecule has 1 rings (SSSR count). The molecule has 12 nitrogen and oxygen atoms in total. The number of carbonyl (C=O) groups excluding carboxylic acids is 3. The molecule has 61 heavy (non-hydrogen) atoms. The summed E-state index contributed by atoms with van der Waals surface area (Å²) in [7, 11) is -4.69. The first-order chi connectivity index (χ1) is 29.5. The second kappa shape index (κ2) is 37.3. The molecule has 1 unspecified atom stereocenters. The van der Waals surface area contributed by atoms with Gasteiger partial charge in [-0.3, -0.25) is 23.4 Å². The van der Waals surface area contributed by atoms with Gasteiger partial charge in [0.05, 0.1) is 25.9 Å². The zero-order chi connectivity index (χ0) is 44.8. The Hall–Kier alpha value is -3.22. The Morgan fingerprint density at radius 3 is 1.95 bits per heavy atom. The number of carbonyl (C=O) groups is 3. The summed E-state index contributed by atoms with van der Waals surface area (Å²) in [6.07, 6.45) is 41.8. The third-order valence-corrected chi connectivity index (χ3v) is 10.7. The predicted molar refractivity (Wildman–Crippen MR) is 241 cm³/mol. The molecule has 0 fully saturated rings. The van der Waals surface area contributed by atoms with E-state index in [0.717, 1.165) is 64.2 Å². The molecule has 0 amide bonds. The molecule has 0 bridgehead atoms. The number of phosphoric ester groups is 1. The van der Waals surface area contributed by atoms with Crippen LogP contribution in [0.4, 0.5) is 0 Å². The minimum atomic E-state index is -4.69. The average molecular weight is 877 g/mol. The number of ether oxygens (including phenoxy) is 2. The minimum absolute atomic E-state index is 0.00894. The number of hydrogen-bond acceptors (Lipinski definition) is 11. The van der Waals surface area contributed by atoms with Crippen molar-refractivity contribution in [2.24, 2.45) is 11.8 Å². The highest BCUT2D eigenvalue weighted by molar-refractivity contribution is 7.47. The van der Waals surface area contributed by atoms with Crippen molar-refractivity contribution in [3.63, 3.8) is 0 Å². The molecule has 1 aliphatic rings. The molecule has 0 saturated heterocycles. The standard InChI is InChI=1S/C48H77O12P/c1-3-5-7-8-9-10-11-12-13-14-15-16-17-18-19-20-21-22-27-31-47(53)57-39-44(40-59-61(55,56)58-38-43(51)37-49)60-48(54)32-28-24-23-26-29-41-33-36-46(52)45(41)35-34-42(50)30-25-6-4-2/h9-10,12-13,15-16,18-19,23,26,33-36,41-45,49-51H,3-8,11,14,17,20-22,24-25,27-32,37-40H2,1-2H3,(H,55,56)/b10-9-,13-12-,16-15-,19-18-,26-23-,35-34+/t41-,42-,43-,44+,45+/m0/s1. The van der Waals surface area contributed by atoms with Gasteiger partial charge in [-0.1, -0.05) is 131 Å². The molecule has 1 aliphatic carbocycles. The maximum absolute atomic E-state index is 12.7. The summed E-state index contributed by atoms with van der Waals surface area (Å²) in [5.41, 5.74) is 0. The fourth-order valence-corrected chi connectivity index (χ4v) is 6.93. The van der Waals surface area contributed by atoms with Gasteiger partial charge >= 0.3 is 19.8 Å². The Labute approximate surface area is 366 Å². The van der Waals surface area contributed by atoms with E-state index in [1.54, 1.807) is 12.2 Å². The van der Waals surface area contributed by atoms with Gasteiger partial charge in [0, 0.05) is 18.8 Å². The summed E-state index contributed by atoms with van der Waals surface area (Å²) in [5, 5.41) is 28.6. The number of esters is 2. The number of aliphatic hydroxyl groups is 3. The minimum Gasteiger partial charge on any atom is -0.462 e. The Kier molecular flexibility index (Phi) is 34.2. The van der Waals surface area contributed by atoms with E-state index in [9.17, 15) is 34.1 Å². The summed E-state index contributed by atoms with van der Waals surface area (Å²) in [6.45, 7) is 1.97. The molecule has 0 radical (unpaired) electrons. The van der Waals surface area contributed by atoms with Gasteiger partial charge in [0.1, 0.15) is 12.7 Å². The van der Waals surface area contributed by atoms with E-state index in [1.807, 2.05) is 24.3 Å². The molecular formula is C48H77O12P. The van der Waals surface area contributed by atoms with E-state index in [4.69, 9.17) is 19.1 Å². The van der Waals surface area contributed by atoms with E-state index < -0.39 is 64.5 Å². The first-order valence-electron chi connectivity index (χ1n) is 22.6. The van der Waals surface area contributed by atoms with Crippen LogP contribution in [0.2, 0.25) is 0 Å². The van der Waals surface area contributed by atoms with Crippen LogP contribution in [0.3, 0.4) is 0 Å². The lowest BCUT2D eigenvalue weighted by atomic mass is 9.90. The molecule has 0 heterocycles. The van der Waals surface area contributed by atoms with Gasteiger partial charge in [0.25, 0.3) is 0 Å². The normalized spacial score (nSPS) is 18.4. The first kappa shape index (κ1) is 55.8. The molecule has 13 heteroatoms. The van der Waals surface area contributed by atoms with Crippen LogP contribution in [0.1, 0.15) is 142 Å². The maximum atomic E-state index is 12.7. The van der Waals surface area contributed by atoms with Gasteiger partial charge in [-0.05, 0) is 89.0 Å². The number of allylic oxidation sites excluding steroid dienone is 13. The number of aliphatic hydroxyl groups excluding tert-OH is 3. The highest BCUT2D eigenvalue weighted by Gasteiger charge is 2.28. The lowest BCUT2D eigenvalue weighted by molar-refractivity contribution is -0.161. The summed E-state index contributed by atoms with van der Waals surface area (Å²) >= 11 is 0. The summed E-state index contributed by atoms with van der Waals surface area (Å²) in [5.74, 6) is -1.42. The van der Waals surface area contributed by atoms with Crippen molar-refractivity contribution in [1.29, 1.82) is 0 Å². The summed E-state index contributed by atoms with van der Waals surface area (Å²) in [4.78, 5) is 47.6. The van der Waals surface area contributed by atoms with Gasteiger partial charge in [-0.2, -0.15) is 0 Å². The third kappa shape index (κ3) is 32.2. The van der Waals surface area contributed by atoms with Crippen molar-refractivity contribution in [1.82, 2.24) is 0 Å². The number of ketones is 1. The van der Waals surface area contributed by atoms with Crippen LogP contribution in [0.25, 0.3) is 0 Å². The highest BCUT2D eigenvalue weighted by Crippen LogP contribution is 2.43. The number of rotatable bonds is 38. The van der Waals surface area contributed by atoms with Crippen LogP contribution >= 0.6 is 7.82 Å². The van der Waals surface area contributed by atoms with Gasteiger partial charge in [-0.25, -0.2) is 4.57 Å². The molecule has 0 aromatic rings. The van der Waals surface area contributed by atoms with Crippen molar-refractivity contribution in [2.45, 2.75) is 161 Å². The second-order valence-electron chi connectivity index (χ2n) is 15.4. The molecule has 4 N–H and O–H groups in total. The zero-order valence-electron chi connectivity index (χ0n) is 36.9. The second-order valence-corrected chi connectivity index (χ2v) is 16.8. The Morgan fingerprint density at radius 1 is 0.721 bits per heavy atom. The molecule has 346 valence electrons. The monoisotopic (exact) mass is 877 g/mol. The molecule has 0 aromatic heterocycles. The summed E-state index contributed by atoms with van der Waals surface area (Å²) in [6, 6.07) is 0. The Morgan fingerprint density at radius 2 is 1.30 bits per heavy atom. The van der Waals surface area contributed by atoms with Crippen molar-refractivity contribution in [3.8, 4) is 0 Å². The van der Waals surface area contributed by atoms with Gasteiger partial charge in [0.2, 0.25) is 0 Å².